The molecule has 1 amide bonds. The lowest BCUT2D eigenvalue weighted by molar-refractivity contribution is 0.0525. The second kappa shape index (κ2) is 9.78. The van der Waals surface area contributed by atoms with Crippen molar-refractivity contribution < 1.29 is 19.4 Å². The molecule has 180 valence electrons. The lowest BCUT2D eigenvalue weighted by atomic mass is 9.87. The fourth-order valence-corrected chi connectivity index (χ4v) is 4.00. The van der Waals surface area contributed by atoms with Crippen LogP contribution in [0.25, 0.3) is 22.2 Å². The molecule has 0 spiro atoms. The smallest absolute Gasteiger partial charge is 0.407 e. The monoisotopic (exact) mass is 466 g/mol. The fraction of sp³-hybridized carbons (Fsp3) is 0.417. The van der Waals surface area contributed by atoms with Crippen LogP contribution in [0.1, 0.15) is 36.7 Å². The number of carbonyl (C=O) groups excluding carboxylic acids is 2. The number of benzene rings is 1. The Kier molecular flexibility index (Phi) is 6.80. The molecule has 0 fully saturated rings. The number of rotatable bonds is 9. The first kappa shape index (κ1) is 23.7. The van der Waals surface area contributed by atoms with E-state index in [0.717, 1.165) is 16.6 Å². The Morgan fingerprint density at radius 1 is 1.12 bits per heavy atom. The van der Waals surface area contributed by atoms with Gasteiger partial charge in [0.1, 0.15) is 11.3 Å². The summed E-state index contributed by atoms with van der Waals surface area (Å²) in [6.07, 6.45) is 2.79. The number of nitrogens with zero attached hydrogens (tertiary/aromatic N) is 3. The van der Waals surface area contributed by atoms with E-state index in [9.17, 15) is 9.59 Å². The van der Waals surface area contributed by atoms with Crippen LogP contribution in [0, 0.1) is 0 Å². The number of fused-ring (bicyclic) bond motifs is 2. The van der Waals surface area contributed by atoms with E-state index in [1.807, 2.05) is 32.9 Å². The number of pyridine rings is 1. The number of aromatic nitrogens is 3. The van der Waals surface area contributed by atoms with Crippen molar-refractivity contribution >= 4 is 28.5 Å². The highest BCUT2D eigenvalue weighted by atomic mass is 16.6. The molecule has 4 rings (SSSR count). The van der Waals surface area contributed by atoms with Crippen LogP contribution < -0.4 is 16.0 Å². The molecule has 0 unspecified atom stereocenters. The Balaban J connectivity index is 1.64. The van der Waals surface area contributed by atoms with Crippen molar-refractivity contribution in [3.05, 3.63) is 41.7 Å². The van der Waals surface area contributed by atoms with Crippen LogP contribution in [0.3, 0.4) is 0 Å². The number of aliphatic hydroxyl groups excluding tert-OH is 1. The second-order valence-corrected chi connectivity index (χ2v) is 9.03. The van der Waals surface area contributed by atoms with Gasteiger partial charge in [-0.1, -0.05) is 0 Å². The number of anilines is 1. The minimum absolute atomic E-state index is 0.0752. The number of alkyl carbamates (subject to hydrolysis) is 1. The van der Waals surface area contributed by atoms with Gasteiger partial charge in [0.2, 0.25) is 0 Å². The molecule has 0 saturated heterocycles. The largest absolute Gasteiger partial charge is 0.444 e. The van der Waals surface area contributed by atoms with Crippen LogP contribution in [-0.2, 0) is 11.3 Å². The zero-order valence-corrected chi connectivity index (χ0v) is 19.6. The maximum Gasteiger partial charge on any atom is 0.407 e. The Bertz CT molecular complexity index is 1210. The third-order valence-corrected chi connectivity index (χ3v) is 5.36. The topological polar surface area (TPSA) is 130 Å². The van der Waals surface area contributed by atoms with Crippen LogP contribution in [-0.4, -0.2) is 70.1 Å². The van der Waals surface area contributed by atoms with Gasteiger partial charge < -0.3 is 25.8 Å². The molecule has 10 nitrogen and oxygen atoms in total. The molecular weight excluding hydrogens is 436 g/mol. The van der Waals surface area contributed by atoms with E-state index < -0.39 is 11.7 Å². The number of nitrogens with one attached hydrogen (secondary N) is 3. The van der Waals surface area contributed by atoms with Crippen molar-refractivity contribution in [1.29, 1.82) is 0 Å². The fourth-order valence-electron chi connectivity index (χ4n) is 4.00. The van der Waals surface area contributed by atoms with Crippen LogP contribution in [0.5, 0.6) is 0 Å². The van der Waals surface area contributed by atoms with E-state index in [4.69, 9.17) is 14.9 Å². The van der Waals surface area contributed by atoms with Gasteiger partial charge in [0.25, 0.3) is 0 Å². The summed E-state index contributed by atoms with van der Waals surface area (Å²) in [6.45, 7) is 8.01. The first-order valence-corrected chi connectivity index (χ1v) is 11.3. The molecule has 0 radical (unpaired) electrons. The Hall–Kier alpha value is -3.50. The summed E-state index contributed by atoms with van der Waals surface area (Å²) in [5.74, 6) is -0.0762. The Morgan fingerprint density at radius 2 is 1.94 bits per heavy atom. The van der Waals surface area contributed by atoms with E-state index in [-0.39, 0.29) is 12.4 Å². The van der Waals surface area contributed by atoms with Crippen molar-refractivity contribution in [3.8, 4) is 11.3 Å². The van der Waals surface area contributed by atoms with Crippen LogP contribution in [0.15, 0.2) is 30.6 Å². The van der Waals surface area contributed by atoms with E-state index in [1.165, 1.54) is 0 Å². The van der Waals surface area contributed by atoms with Gasteiger partial charge in [-0.05, 0) is 39.0 Å². The number of amides is 1. The summed E-state index contributed by atoms with van der Waals surface area (Å²) in [7, 11) is 0. The molecular formula is C24H30N6O4. The van der Waals surface area contributed by atoms with Gasteiger partial charge in [0.15, 0.2) is 5.78 Å². The molecule has 0 aliphatic heterocycles. The molecule has 0 atom stereocenters. The number of hydrogen-bond donors (Lipinski definition) is 4. The standard InChI is InChI=1S/C24H30N6O4/c1-24(2,3)34-23(33)28-10-12-30-18-5-4-17(27-9-8-25-11-13-31)19-20(18)21(29-30)16-14-26-7-6-15(16)22(19)32/h4-7,14,25,27,31H,8-13H2,1-3H3,(H,28,33). The zero-order valence-electron chi connectivity index (χ0n) is 19.6. The molecule has 1 aromatic carbocycles. The summed E-state index contributed by atoms with van der Waals surface area (Å²) in [5.41, 5.74) is 3.52. The van der Waals surface area contributed by atoms with Gasteiger partial charge in [0.05, 0.1) is 24.2 Å². The summed E-state index contributed by atoms with van der Waals surface area (Å²) in [6, 6.07) is 5.53. The first-order chi connectivity index (χ1) is 16.3. The average Bonchev–Trinajstić information content (AvgIpc) is 3.15. The molecule has 1 aliphatic rings. The van der Waals surface area contributed by atoms with Gasteiger partial charge in [-0.15, -0.1) is 0 Å². The predicted octanol–water partition coefficient (Wildman–Crippen LogP) is 2.16. The van der Waals surface area contributed by atoms with Gasteiger partial charge in [0, 0.05) is 60.8 Å². The number of hydrogen-bond acceptors (Lipinski definition) is 8. The summed E-state index contributed by atoms with van der Waals surface area (Å²) in [4.78, 5) is 29.7. The average molecular weight is 467 g/mol. The van der Waals surface area contributed by atoms with E-state index >= 15 is 0 Å². The predicted molar refractivity (Wildman–Crippen MR) is 129 cm³/mol. The van der Waals surface area contributed by atoms with Crippen molar-refractivity contribution in [2.75, 3.05) is 38.1 Å². The molecule has 3 aromatic rings. The molecule has 2 heterocycles. The molecule has 4 N–H and O–H groups in total. The van der Waals surface area contributed by atoms with Crippen molar-refractivity contribution in [2.45, 2.75) is 32.9 Å². The van der Waals surface area contributed by atoms with Gasteiger partial charge in [-0.25, -0.2) is 4.79 Å². The Labute approximate surface area is 197 Å². The number of ether oxygens (including phenoxy) is 1. The minimum atomic E-state index is -0.572. The molecule has 1 aliphatic carbocycles. The third kappa shape index (κ3) is 4.87. The maximum atomic E-state index is 13.5. The van der Waals surface area contributed by atoms with Crippen molar-refractivity contribution in [1.82, 2.24) is 25.4 Å². The van der Waals surface area contributed by atoms with Crippen molar-refractivity contribution in [3.63, 3.8) is 0 Å². The molecule has 10 heteroatoms. The van der Waals surface area contributed by atoms with Gasteiger partial charge in [-0.2, -0.15) is 5.10 Å². The molecule has 2 aromatic heterocycles. The van der Waals surface area contributed by atoms with Gasteiger partial charge >= 0.3 is 6.09 Å². The maximum absolute atomic E-state index is 13.5. The molecule has 0 bridgehead atoms. The summed E-state index contributed by atoms with van der Waals surface area (Å²) >= 11 is 0. The summed E-state index contributed by atoms with van der Waals surface area (Å²) < 4.78 is 7.10. The van der Waals surface area contributed by atoms with Gasteiger partial charge in [-0.3, -0.25) is 14.5 Å². The first-order valence-electron chi connectivity index (χ1n) is 11.3. The number of carbonyl (C=O) groups is 2. The lowest BCUT2D eigenvalue weighted by Gasteiger charge is -2.19. The summed E-state index contributed by atoms with van der Waals surface area (Å²) in [5, 5.41) is 23.7. The molecule has 0 saturated carbocycles. The van der Waals surface area contributed by atoms with Crippen LogP contribution in [0.4, 0.5) is 10.5 Å². The van der Waals surface area contributed by atoms with Crippen molar-refractivity contribution in [2.24, 2.45) is 0 Å². The van der Waals surface area contributed by atoms with E-state index in [1.54, 1.807) is 23.1 Å². The number of aliphatic hydroxyl groups is 1. The Morgan fingerprint density at radius 3 is 2.71 bits per heavy atom. The third-order valence-electron chi connectivity index (χ3n) is 5.36. The lowest BCUT2D eigenvalue weighted by Crippen LogP contribution is -2.34. The minimum Gasteiger partial charge on any atom is -0.444 e. The van der Waals surface area contributed by atoms with E-state index in [2.05, 4.69) is 20.9 Å². The SMILES string of the molecule is CC(C)(C)OC(=O)NCCn1nc2c3c(c(NCCNCCO)ccc31)C(=O)c1ccncc1-2. The van der Waals surface area contributed by atoms with Crippen LogP contribution in [0.2, 0.25) is 0 Å². The highest BCUT2D eigenvalue weighted by Crippen LogP contribution is 2.41. The number of ketones is 1. The van der Waals surface area contributed by atoms with Crippen LogP contribution >= 0.6 is 0 Å². The molecule has 34 heavy (non-hydrogen) atoms. The highest BCUT2D eigenvalue weighted by Gasteiger charge is 2.31. The quantitative estimate of drug-likeness (QED) is 0.276. The van der Waals surface area contributed by atoms with E-state index in [0.29, 0.717) is 55.1 Å². The second-order valence-electron chi connectivity index (χ2n) is 9.03. The zero-order chi connectivity index (χ0) is 24.3. The highest BCUT2D eigenvalue weighted by molar-refractivity contribution is 6.27. The normalized spacial score (nSPS) is 12.5.